The van der Waals surface area contributed by atoms with Gasteiger partial charge in [0.1, 0.15) is 10.7 Å². The lowest BCUT2D eigenvalue weighted by atomic mass is 9.90. The lowest BCUT2D eigenvalue weighted by Crippen LogP contribution is -2.46. The molecule has 0 aromatic carbocycles. The average Bonchev–Trinajstić information content (AvgIpc) is 3.02. The van der Waals surface area contributed by atoms with Gasteiger partial charge < -0.3 is 15.0 Å². The molecule has 0 unspecified atom stereocenters. The molecule has 3 N–H and O–H groups in total. The average molecular weight is 337 g/mol. The van der Waals surface area contributed by atoms with E-state index >= 15 is 0 Å². The van der Waals surface area contributed by atoms with Gasteiger partial charge in [-0.25, -0.2) is 4.98 Å². The number of aromatic nitrogens is 5. The van der Waals surface area contributed by atoms with Gasteiger partial charge in [-0.2, -0.15) is 0 Å². The molecule has 0 spiro atoms. The van der Waals surface area contributed by atoms with E-state index in [0.717, 1.165) is 5.69 Å². The van der Waals surface area contributed by atoms with Gasteiger partial charge in [0.2, 0.25) is 0 Å². The molecule has 128 valence electrons. The highest BCUT2D eigenvalue weighted by Gasteiger charge is 2.19. The first-order valence-electron chi connectivity index (χ1n) is 7.85. The van der Waals surface area contributed by atoms with Crippen LogP contribution in [0.5, 0.6) is 0 Å². The topological polar surface area (TPSA) is 107 Å². The highest BCUT2D eigenvalue weighted by Crippen LogP contribution is 2.22. The van der Waals surface area contributed by atoms with Crippen molar-refractivity contribution < 1.29 is 0 Å². The van der Waals surface area contributed by atoms with Crippen molar-refractivity contribution in [3.8, 4) is 0 Å². The van der Waals surface area contributed by atoms with E-state index in [4.69, 9.17) is 0 Å². The van der Waals surface area contributed by atoms with E-state index in [-0.39, 0.29) is 16.1 Å². The van der Waals surface area contributed by atoms with E-state index in [9.17, 15) is 9.59 Å². The quantitative estimate of drug-likeness (QED) is 0.618. The van der Waals surface area contributed by atoms with Gasteiger partial charge in [-0.1, -0.05) is 26.8 Å². The first-order valence-corrected chi connectivity index (χ1v) is 7.85. The molecule has 3 aromatic heterocycles. The molecular formula is C18H19N5O2. The Balaban J connectivity index is 2.14. The minimum absolute atomic E-state index is 0.152. The molecule has 3 rings (SSSR count). The van der Waals surface area contributed by atoms with Crippen molar-refractivity contribution in [2.24, 2.45) is 0 Å². The maximum Gasteiger partial charge on any atom is 0.272 e. The summed E-state index contributed by atoms with van der Waals surface area (Å²) in [4.78, 5) is 41.3. The predicted molar refractivity (Wildman–Crippen MR) is 95.6 cm³/mol. The van der Waals surface area contributed by atoms with Crippen LogP contribution in [0.2, 0.25) is 0 Å². The van der Waals surface area contributed by atoms with E-state index in [1.165, 1.54) is 6.08 Å². The summed E-state index contributed by atoms with van der Waals surface area (Å²) in [5.41, 5.74) is 1.13. The molecule has 0 radical (unpaired) electrons. The third-order valence-corrected chi connectivity index (χ3v) is 3.67. The van der Waals surface area contributed by atoms with Crippen molar-refractivity contribution in [3.05, 3.63) is 79.2 Å². The maximum atomic E-state index is 12.3. The Bertz CT molecular complexity index is 1110. The SMILES string of the molecule is CC(C)(C)c1[nH]cnc1/C=c1/[nH]c(=O)/c(=C\c2ccccn2)[nH]c1=O. The van der Waals surface area contributed by atoms with Gasteiger partial charge in [0.05, 0.1) is 17.7 Å². The normalized spacial score (nSPS) is 13.4. The van der Waals surface area contributed by atoms with Crippen molar-refractivity contribution in [1.29, 1.82) is 0 Å². The first-order chi connectivity index (χ1) is 11.8. The molecular weight excluding hydrogens is 318 g/mol. The van der Waals surface area contributed by atoms with Crippen molar-refractivity contribution in [1.82, 2.24) is 24.9 Å². The van der Waals surface area contributed by atoms with Crippen LogP contribution in [0.1, 0.15) is 37.9 Å². The molecule has 7 nitrogen and oxygen atoms in total. The Morgan fingerprint density at radius 2 is 1.64 bits per heavy atom. The molecule has 0 aliphatic heterocycles. The molecule has 0 aliphatic rings. The number of hydrogen-bond acceptors (Lipinski definition) is 4. The lowest BCUT2D eigenvalue weighted by Gasteiger charge is -2.16. The van der Waals surface area contributed by atoms with E-state index in [2.05, 4.69) is 24.9 Å². The van der Waals surface area contributed by atoms with Gasteiger partial charge in [0, 0.05) is 17.3 Å². The molecule has 3 heterocycles. The standard InChI is InChI=1S/C18H19N5O2/c1-18(2,3)15-12(20-10-21-15)9-14-17(25)22-13(16(24)23-14)8-11-6-4-5-7-19-11/h4-10H,1-3H3,(H,20,21)(H,22,25)(H,23,24)/b13-8+,14-9+. The number of rotatable bonds is 2. The fourth-order valence-corrected chi connectivity index (χ4v) is 2.46. The molecule has 0 atom stereocenters. The molecule has 3 aromatic rings. The van der Waals surface area contributed by atoms with Crippen LogP contribution in [0, 0.1) is 0 Å². The summed E-state index contributed by atoms with van der Waals surface area (Å²) in [5, 5.41) is 0.305. The van der Waals surface area contributed by atoms with Crippen molar-refractivity contribution >= 4 is 12.2 Å². The highest BCUT2D eigenvalue weighted by molar-refractivity contribution is 5.48. The minimum Gasteiger partial charge on any atom is -0.348 e. The fourth-order valence-electron chi connectivity index (χ4n) is 2.46. The Hall–Kier alpha value is -3.22. The number of H-pyrrole nitrogens is 3. The van der Waals surface area contributed by atoms with Crippen LogP contribution >= 0.6 is 0 Å². The van der Waals surface area contributed by atoms with E-state index < -0.39 is 11.1 Å². The van der Waals surface area contributed by atoms with Crippen LogP contribution in [0.15, 0.2) is 40.3 Å². The zero-order chi connectivity index (χ0) is 18.0. The van der Waals surface area contributed by atoms with Crippen LogP contribution in [0.25, 0.3) is 12.2 Å². The molecule has 0 saturated carbocycles. The molecule has 0 aliphatic carbocycles. The Labute approximate surface area is 143 Å². The number of nitrogens with zero attached hydrogens (tertiary/aromatic N) is 2. The fraction of sp³-hybridized carbons (Fsp3) is 0.222. The first kappa shape index (κ1) is 16.6. The van der Waals surface area contributed by atoms with E-state index in [0.29, 0.717) is 11.4 Å². The largest absolute Gasteiger partial charge is 0.348 e. The number of hydrogen-bond donors (Lipinski definition) is 3. The van der Waals surface area contributed by atoms with Crippen LogP contribution < -0.4 is 21.8 Å². The molecule has 25 heavy (non-hydrogen) atoms. The van der Waals surface area contributed by atoms with Gasteiger partial charge in [0.15, 0.2) is 0 Å². The highest BCUT2D eigenvalue weighted by atomic mass is 16.1. The third kappa shape index (κ3) is 3.65. The number of aromatic amines is 3. The third-order valence-electron chi connectivity index (χ3n) is 3.67. The summed E-state index contributed by atoms with van der Waals surface area (Å²) >= 11 is 0. The van der Waals surface area contributed by atoms with Crippen molar-refractivity contribution in [3.63, 3.8) is 0 Å². The second-order valence-electron chi connectivity index (χ2n) is 6.69. The van der Waals surface area contributed by atoms with Gasteiger partial charge in [-0.3, -0.25) is 14.6 Å². The van der Waals surface area contributed by atoms with Crippen molar-refractivity contribution in [2.75, 3.05) is 0 Å². The van der Waals surface area contributed by atoms with Crippen LogP contribution in [0.4, 0.5) is 0 Å². The maximum absolute atomic E-state index is 12.3. The summed E-state index contributed by atoms with van der Waals surface area (Å²) in [7, 11) is 0. The Kier molecular flexibility index (Phi) is 4.22. The summed E-state index contributed by atoms with van der Waals surface area (Å²) < 4.78 is 0. The number of pyridine rings is 1. The second-order valence-corrected chi connectivity index (χ2v) is 6.69. The van der Waals surface area contributed by atoms with Crippen LogP contribution in [-0.2, 0) is 5.41 Å². The summed E-state index contributed by atoms with van der Waals surface area (Å²) in [5.74, 6) is 0. The molecule has 0 saturated heterocycles. The number of imidazole rings is 1. The summed E-state index contributed by atoms with van der Waals surface area (Å²) in [6, 6.07) is 5.33. The van der Waals surface area contributed by atoms with E-state index in [1.807, 2.05) is 20.8 Å². The predicted octanol–water partition coefficient (Wildman–Crippen LogP) is 0.136. The second kappa shape index (κ2) is 6.35. The zero-order valence-electron chi connectivity index (χ0n) is 14.3. The molecule has 0 bridgehead atoms. The Morgan fingerprint density at radius 1 is 0.960 bits per heavy atom. The van der Waals surface area contributed by atoms with Crippen molar-refractivity contribution in [2.45, 2.75) is 26.2 Å². The summed E-state index contributed by atoms with van der Waals surface area (Å²) in [6.07, 6.45) is 6.29. The van der Waals surface area contributed by atoms with Gasteiger partial charge >= 0.3 is 0 Å². The number of nitrogens with one attached hydrogen (secondary N) is 3. The smallest absolute Gasteiger partial charge is 0.272 e. The van der Waals surface area contributed by atoms with Gasteiger partial charge in [-0.05, 0) is 24.3 Å². The van der Waals surface area contributed by atoms with E-state index in [1.54, 1.807) is 36.8 Å². The minimum atomic E-state index is -0.399. The zero-order valence-corrected chi connectivity index (χ0v) is 14.3. The van der Waals surface area contributed by atoms with Crippen LogP contribution in [0.3, 0.4) is 0 Å². The van der Waals surface area contributed by atoms with Crippen LogP contribution in [-0.4, -0.2) is 24.9 Å². The monoisotopic (exact) mass is 337 g/mol. The Morgan fingerprint density at radius 3 is 2.24 bits per heavy atom. The lowest BCUT2D eigenvalue weighted by molar-refractivity contribution is 0.571. The molecule has 7 heteroatoms. The molecule has 0 amide bonds. The van der Waals surface area contributed by atoms with Gasteiger partial charge in [0.25, 0.3) is 11.1 Å². The molecule has 0 fully saturated rings. The summed E-state index contributed by atoms with van der Waals surface area (Å²) in [6.45, 7) is 6.11. The van der Waals surface area contributed by atoms with Gasteiger partial charge in [-0.15, -0.1) is 0 Å².